The van der Waals surface area contributed by atoms with E-state index in [9.17, 15) is 9.90 Å². The molecule has 0 aliphatic heterocycles. The fourth-order valence-corrected chi connectivity index (χ4v) is 3.33. The van der Waals surface area contributed by atoms with Gasteiger partial charge in [0.15, 0.2) is 0 Å². The molecule has 0 amide bonds. The van der Waals surface area contributed by atoms with Gasteiger partial charge in [-0.15, -0.1) is 0 Å². The Bertz CT molecular complexity index is 382. The monoisotopic (exact) mass is 296 g/mol. The van der Waals surface area contributed by atoms with Crippen molar-refractivity contribution in [2.45, 2.75) is 62.6 Å². The molecule has 3 aliphatic carbocycles. The summed E-state index contributed by atoms with van der Waals surface area (Å²) in [5.41, 5.74) is -0.686. The van der Waals surface area contributed by atoms with E-state index in [-0.39, 0.29) is 0 Å². The number of carbonyl (C=O) groups is 1. The zero-order valence-corrected chi connectivity index (χ0v) is 13.0. The number of likely N-dealkylation sites (N-methyl/N-ethyl adjacent to an activating group) is 1. The van der Waals surface area contributed by atoms with Crippen LogP contribution < -0.4 is 5.32 Å². The molecule has 0 spiro atoms. The lowest BCUT2D eigenvalue weighted by Gasteiger charge is -2.29. The molecule has 5 nitrogen and oxygen atoms in total. The first kappa shape index (κ1) is 15.3. The topological polar surface area (TPSA) is 61.8 Å². The Morgan fingerprint density at radius 3 is 2.71 bits per heavy atom. The smallest absolute Gasteiger partial charge is 0.323 e. The van der Waals surface area contributed by atoms with E-state index in [2.05, 4.69) is 17.3 Å². The lowest BCUT2D eigenvalue weighted by atomic mass is 9.97. The fourth-order valence-electron chi connectivity index (χ4n) is 3.33. The van der Waals surface area contributed by atoms with Gasteiger partial charge in [0, 0.05) is 25.2 Å². The molecule has 0 heterocycles. The molecule has 21 heavy (non-hydrogen) atoms. The van der Waals surface area contributed by atoms with Crippen molar-refractivity contribution in [3.8, 4) is 0 Å². The maximum Gasteiger partial charge on any atom is 0.323 e. The third kappa shape index (κ3) is 3.96. The Hall–Kier alpha value is -0.650. The van der Waals surface area contributed by atoms with E-state index in [0.717, 1.165) is 57.8 Å². The van der Waals surface area contributed by atoms with Crippen molar-refractivity contribution in [3.63, 3.8) is 0 Å². The molecule has 0 radical (unpaired) electrons. The third-order valence-electron chi connectivity index (χ3n) is 5.22. The molecule has 0 aromatic carbocycles. The predicted molar refractivity (Wildman–Crippen MR) is 80.3 cm³/mol. The van der Waals surface area contributed by atoms with Crippen LogP contribution in [0.1, 0.15) is 44.9 Å². The first-order valence-electron chi connectivity index (χ1n) is 8.38. The average molecular weight is 296 g/mol. The number of aliphatic carboxylic acids is 1. The fraction of sp³-hybridized carbons (Fsp3) is 0.938. The highest BCUT2D eigenvalue weighted by Gasteiger charge is 2.48. The van der Waals surface area contributed by atoms with Gasteiger partial charge in [0.1, 0.15) is 5.54 Å². The minimum absolute atomic E-state index is 0.358. The normalized spacial score (nSPS) is 32.8. The lowest BCUT2D eigenvalue weighted by molar-refractivity contribution is -0.145. The average Bonchev–Trinajstić information content (AvgIpc) is 3.35. The molecule has 0 saturated heterocycles. The minimum atomic E-state index is -0.686. The second-order valence-electron chi connectivity index (χ2n) is 7.20. The molecule has 2 N–H and O–H groups in total. The van der Waals surface area contributed by atoms with E-state index in [1.807, 2.05) is 0 Å². The van der Waals surface area contributed by atoms with Crippen molar-refractivity contribution in [1.29, 1.82) is 0 Å². The third-order valence-corrected chi connectivity index (χ3v) is 5.22. The summed E-state index contributed by atoms with van der Waals surface area (Å²) in [6.45, 7) is 2.57. The number of nitrogens with one attached hydrogen (secondary N) is 1. The van der Waals surface area contributed by atoms with E-state index in [1.54, 1.807) is 0 Å². The van der Waals surface area contributed by atoms with Crippen LogP contribution in [0.3, 0.4) is 0 Å². The highest BCUT2D eigenvalue weighted by Crippen LogP contribution is 2.36. The van der Waals surface area contributed by atoms with Gasteiger partial charge in [0.2, 0.25) is 0 Å². The second-order valence-corrected chi connectivity index (χ2v) is 7.20. The van der Waals surface area contributed by atoms with Crippen LogP contribution in [-0.2, 0) is 9.53 Å². The minimum Gasteiger partial charge on any atom is -0.480 e. The Morgan fingerprint density at radius 1 is 1.33 bits per heavy atom. The molecule has 0 aromatic heterocycles. The molecule has 2 atom stereocenters. The van der Waals surface area contributed by atoms with Gasteiger partial charge in [-0.2, -0.15) is 0 Å². The first-order valence-corrected chi connectivity index (χ1v) is 8.38. The van der Waals surface area contributed by atoms with E-state index in [1.165, 1.54) is 12.8 Å². The Labute approximate surface area is 127 Å². The lowest BCUT2D eigenvalue weighted by Crippen LogP contribution is -2.52. The predicted octanol–water partition coefficient (Wildman–Crippen LogP) is 1.47. The summed E-state index contributed by atoms with van der Waals surface area (Å²) in [6.07, 6.45) is 7.34. The quantitative estimate of drug-likeness (QED) is 0.631. The van der Waals surface area contributed by atoms with Crippen LogP contribution >= 0.6 is 0 Å². The summed E-state index contributed by atoms with van der Waals surface area (Å²) in [5.74, 6) is 0.138. The summed E-state index contributed by atoms with van der Waals surface area (Å²) >= 11 is 0. The molecule has 3 aliphatic rings. The van der Waals surface area contributed by atoms with Gasteiger partial charge in [-0.05, 0) is 57.9 Å². The largest absolute Gasteiger partial charge is 0.480 e. The Balaban J connectivity index is 1.43. The van der Waals surface area contributed by atoms with E-state index in [4.69, 9.17) is 4.74 Å². The molecule has 2 unspecified atom stereocenters. The maximum absolute atomic E-state index is 11.7. The maximum atomic E-state index is 11.7. The SMILES string of the molecule is CN(CCOCC1CC1)C1CCC(NC2CC2)(C(=O)O)C1. The standard InChI is InChI=1S/C16H28N2O3/c1-18(8-9-21-11-12-2-3-12)14-6-7-16(10-14,15(19)20)17-13-4-5-13/h12-14,17H,2-11H2,1H3,(H,19,20). The van der Waals surface area contributed by atoms with Gasteiger partial charge in [-0.1, -0.05) is 0 Å². The molecule has 0 bridgehead atoms. The van der Waals surface area contributed by atoms with Crippen molar-refractivity contribution in [1.82, 2.24) is 10.2 Å². The van der Waals surface area contributed by atoms with Gasteiger partial charge >= 0.3 is 5.97 Å². The van der Waals surface area contributed by atoms with Crippen LogP contribution in [-0.4, -0.2) is 60.4 Å². The molecule has 5 heteroatoms. The van der Waals surface area contributed by atoms with Crippen molar-refractivity contribution in [2.75, 3.05) is 26.8 Å². The molecular formula is C16H28N2O3. The number of nitrogens with zero attached hydrogens (tertiary/aromatic N) is 1. The number of carboxylic acid groups (broad SMARTS) is 1. The number of hydrogen-bond acceptors (Lipinski definition) is 4. The van der Waals surface area contributed by atoms with E-state index >= 15 is 0 Å². The van der Waals surface area contributed by atoms with Crippen molar-refractivity contribution >= 4 is 5.97 Å². The van der Waals surface area contributed by atoms with Gasteiger partial charge in [0.25, 0.3) is 0 Å². The second kappa shape index (κ2) is 6.23. The van der Waals surface area contributed by atoms with Crippen LogP contribution in [0.5, 0.6) is 0 Å². The molecule has 3 fully saturated rings. The van der Waals surface area contributed by atoms with Crippen LogP contribution in [0.15, 0.2) is 0 Å². The van der Waals surface area contributed by atoms with Crippen LogP contribution in [0, 0.1) is 5.92 Å². The van der Waals surface area contributed by atoms with Gasteiger partial charge in [-0.3, -0.25) is 10.1 Å². The van der Waals surface area contributed by atoms with E-state index in [0.29, 0.717) is 12.1 Å². The Kier molecular flexibility index (Phi) is 4.52. The van der Waals surface area contributed by atoms with Gasteiger partial charge in [0.05, 0.1) is 6.61 Å². The summed E-state index contributed by atoms with van der Waals surface area (Å²) in [4.78, 5) is 14.0. The molecule has 3 rings (SSSR count). The molecule has 0 aromatic rings. The van der Waals surface area contributed by atoms with Crippen molar-refractivity contribution < 1.29 is 14.6 Å². The summed E-state index contributed by atoms with van der Waals surface area (Å²) < 4.78 is 5.69. The van der Waals surface area contributed by atoms with Crippen LogP contribution in [0.25, 0.3) is 0 Å². The molecule has 120 valence electrons. The summed E-state index contributed by atoms with van der Waals surface area (Å²) in [5, 5.41) is 13.0. The number of ether oxygens (including phenoxy) is 1. The van der Waals surface area contributed by atoms with Crippen molar-refractivity contribution in [3.05, 3.63) is 0 Å². The van der Waals surface area contributed by atoms with Crippen molar-refractivity contribution in [2.24, 2.45) is 5.92 Å². The highest BCUT2D eigenvalue weighted by atomic mass is 16.5. The van der Waals surface area contributed by atoms with Crippen LogP contribution in [0.2, 0.25) is 0 Å². The first-order chi connectivity index (χ1) is 10.1. The highest BCUT2D eigenvalue weighted by molar-refractivity contribution is 5.79. The van der Waals surface area contributed by atoms with Gasteiger partial charge < -0.3 is 14.7 Å². The Morgan fingerprint density at radius 2 is 2.10 bits per heavy atom. The molecule has 3 saturated carbocycles. The van der Waals surface area contributed by atoms with Crippen LogP contribution in [0.4, 0.5) is 0 Å². The van der Waals surface area contributed by atoms with E-state index < -0.39 is 11.5 Å². The number of carboxylic acids is 1. The zero-order valence-electron chi connectivity index (χ0n) is 13.0. The number of rotatable bonds is 9. The zero-order chi connectivity index (χ0) is 14.9. The van der Waals surface area contributed by atoms with Gasteiger partial charge in [-0.25, -0.2) is 0 Å². The summed E-state index contributed by atoms with van der Waals surface area (Å²) in [6, 6.07) is 0.795. The molecular weight excluding hydrogens is 268 g/mol. The number of hydrogen-bond donors (Lipinski definition) is 2. The summed E-state index contributed by atoms with van der Waals surface area (Å²) in [7, 11) is 2.10.